The van der Waals surface area contributed by atoms with Crippen molar-refractivity contribution in [2.45, 2.75) is 38.1 Å². The van der Waals surface area contributed by atoms with Gasteiger partial charge in [0.2, 0.25) is 0 Å². The van der Waals surface area contributed by atoms with Crippen molar-refractivity contribution in [1.29, 1.82) is 5.26 Å². The molecule has 1 aliphatic rings. The molecule has 1 N–H and O–H groups in total. The van der Waals surface area contributed by atoms with Crippen LogP contribution in [0.3, 0.4) is 0 Å². The number of carbonyl (C=O) groups excluding carboxylic acids is 2. The Hall–Kier alpha value is -3.99. The Balaban J connectivity index is 1.76. The van der Waals surface area contributed by atoms with Crippen molar-refractivity contribution in [3.63, 3.8) is 0 Å². The Morgan fingerprint density at radius 2 is 1.56 bits per heavy atom. The summed E-state index contributed by atoms with van der Waals surface area (Å²) in [4.78, 5) is 25.2. The van der Waals surface area contributed by atoms with E-state index in [0.717, 1.165) is 25.7 Å². The summed E-state index contributed by atoms with van der Waals surface area (Å²) in [6.45, 7) is 0. The van der Waals surface area contributed by atoms with Crippen LogP contribution in [0.25, 0.3) is 6.08 Å². The smallest absolute Gasteiger partial charge is 0.343 e. The number of hydrogen-bond acceptors (Lipinski definition) is 7. The molecule has 0 bridgehead atoms. The second kappa shape index (κ2) is 11.8. The van der Waals surface area contributed by atoms with E-state index in [0.29, 0.717) is 17.1 Å². The Labute approximate surface area is 199 Å². The predicted molar refractivity (Wildman–Crippen MR) is 126 cm³/mol. The second-order valence-corrected chi connectivity index (χ2v) is 7.85. The molecule has 0 unspecified atom stereocenters. The van der Waals surface area contributed by atoms with Crippen LogP contribution >= 0.6 is 0 Å². The number of benzene rings is 2. The fraction of sp³-hybridized carbons (Fsp3) is 0.346. The molecule has 0 heterocycles. The van der Waals surface area contributed by atoms with Gasteiger partial charge in [0.05, 0.1) is 26.9 Å². The number of nitrogens with one attached hydrogen (secondary N) is 1. The molecule has 1 aliphatic carbocycles. The summed E-state index contributed by atoms with van der Waals surface area (Å²) in [5.41, 5.74) is 0.843. The van der Waals surface area contributed by atoms with Gasteiger partial charge in [0.25, 0.3) is 5.91 Å². The summed E-state index contributed by atoms with van der Waals surface area (Å²) >= 11 is 0. The number of carbonyl (C=O) groups is 2. The maximum atomic E-state index is 12.7. The van der Waals surface area contributed by atoms with Gasteiger partial charge in [0.1, 0.15) is 11.6 Å². The summed E-state index contributed by atoms with van der Waals surface area (Å²) in [7, 11) is 4.43. The SMILES string of the molecule is COc1ccc(C(=O)Oc2ccc(/C=C(\C#N)C(=O)NC3CCCCC3)cc2OC)cc1OC. The van der Waals surface area contributed by atoms with Gasteiger partial charge in [-0.05, 0) is 54.8 Å². The number of rotatable bonds is 8. The van der Waals surface area contributed by atoms with Crippen LogP contribution in [-0.4, -0.2) is 39.2 Å². The number of methoxy groups -OCH3 is 3. The molecule has 0 saturated heterocycles. The normalized spacial score (nSPS) is 14.0. The van der Waals surface area contributed by atoms with E-state index in [1.807, 2.05) is 6.07 Å². The van der Waals surface area contributed by atoms with E-state index in [1.54, 1.807) is 30.3 Å². The third kappa shape index (κ3) is 6.07. The summed E-state index contributed by atoms with van der Waals surface area (Å²) in [5.74, 6) is 0.384. The van der Waals surface area contributed by atoms with E-state index >= 15 is 0 Å². The maximum absolute atomic E-state index is 12.7. The fourth-order valence-electron chi connectivity index (χ4n) is 3.81. The van der Waals surface area contributed by atoms with Gasteiger partial charge in [-0.15, -0.1) is 0 Å². The van der Waals surface area contributed by atoms with Gasteiger partial charge in [-0.2, -0.15) is 5.26 Å². The Bertz CT molecular complexity index is 1110. The molecule has 34 heavy (non-hydrogen) atoms. The maximum Gasteiger partial charge on any atom is 0.343 e. The van der Waals surface area contributed by atoms with Crippen LogP contribution in [0.5, 0.6) is 23.0 Å². The first-order chi connectivity index (χ1) is 16.5. The van der Waals surface area contributed by atoms with Crippen LogP contribution in [0, 0.1) is 11.3 Å². The first-order valence-electron chi connectivity index (χ1n) is 11.0. The van der Waals surface area contributed by atoms with Crippen molar-refractivity contribution in [1.82, 2.24) is 5.32 Å². The minimum atomic E-state index is -0.605. The molecule has 0 radical (unpaired) electrons. The monoisotopic (exact) mass is 464 g/mol. The zero-order valence-electron chi connectivity index (χ0n) is 19.6. The zero-order valence-corrected chi connectivity index (χ0v) is 19.6. The number of ether oxygens (including phenoxy) is 4. The van der Waals surface area contributed by atoms with E-state index < -0.39 is 11.9 Å². The van der Waals surface area contributed by atoms with Crippen molar-refractivity contribution in [3.8, 4) is 29.1 Å². The van der Waals surface area contributed by atoms with E-state index in [-0.39, 0.29) is 28.7 Å². The molecule has 8 heteroatoms. The van der Waals surface area contributed by atoms with Crippen LogP contribution < -0.4 is 24.3 Å². The second-order valence-electron chi connectivity index (χ2n) is 7.85. The van der Waals surface area contributed by atoms with Gasteiger partial charge in [-0.1, -0.05) is 25.3 Å². The van der Waals surface area contributed by atoms with Crippen LogP contribution in [-0.2, 0) is 4.79 Å². The Morgan fingerprint density at radius 3 is 2.21 bits per heavy atom. The lowest BCUT2D eigenvalue weighted by Gasteiger charge is -2.22. The average molecular weight is 465 g/mol. The molecular formula is C26H28N2O6. The molecule has 178 valence electrons. The quantitative estimate of drug-likeness (QED) is 0.269. The van der Waals surface area contributed by atoms with Gasteiger partial charge in [-0.25, -0.2) is 4.79 Å². The predicted octanol–water partition coefficient (Wildman–Crippen LogP) is 4.29. The summed E-state index contributed by atoms with van der Waals surface area (Å²) in [6, 6.07) is 11.6. The first kappa shape index (κ1) is 24.6. The third-order valence-corrected chi connectivity index (χ3v) is 5.63. The molecule has 2 aromatic carbocycles. The van der Waals surface area contributed by atoms with E-state index in [4.69, 9.17) is 18.9 Å². The summed E-state index contributed by atoms with van der Waals surface area (Å²) in [6.07, 6.45) is 6.68. The minimum Gasteiger partial charge on any atom is -0.493 e. The van der Waals surface area contributed by atoms with Crippen molar-refractivity contribution < 1.29 is 28.5 Å². The highest BCUT2D eigenvalue weighted by molar-refractivity contribution is 6.02. The van der Waals surface area contributed by atoms with Crippen LogP contribution in [0.1, 0.15) is 48.0 Å². The number of nitrogens with zero attached hydrogens (tertiary/aromatic N) is 1. The molecule has 0 aromatic heterocycles. The van der Waals surface area contributed by atoms with Crippen molar-refractivity contribution in [2.75, 3.05) is 21.3 Å². The van der Waals surface area contributed by atoms with E-state index in [2.05, 4.69) is 5.32 Å². The number of nitriles is 1. The van der Waals surface area contributed by atoms with E-state index in [9.17, 15) is 14.9 Å². The largest absolute Gasteiger partial charge is 0.493 e. The molecule has 0 atom stereocenters. The highest BCUT2D eigenvalue weighted by Gasteiger charge is 2.19. The van der Waals surface area contributed by atoms with Crippen LogP contribution in [0.2, 0.25) is 0 Å². The molecule has 1 fully saturated rings. The standard InChI is InChI=1S/C26H28N2O6/c1-31-21-12-10-18(15-24(21)33-3)26(30)34-22-11-9-17(14-23(22)32-2)13-19(16-27)25(29)28-20-7-5-4-6-8-20/h9-15,20H,4-8H2,1-3H3,(H,28,29)/b19-13+. The number of amides is 1. The van der Waals surface area contributed by atoms with E-state index in [1.165, 1.54) is 39.9 Å². The summed E-state index contributed by atoms with van der Waals surface area (Å²) in [5, 5.41) is 12.4. The lowest BCUT2D eigenvalue weighted by Crippen LogP contribution is -2.36. The molecule has 1 saturated carbocycles. The van der Waals surface area contributed by atoms with Crippen LogP contribution in [0.4, 0.5) is 0 Å². The minimum absolute atomic E-state index is 0.00250. The van der Waals surface area contributed by atoms with Crippen molar-refractivity contribution in [2.24, 2.45) is 0 Å². The Morgan fingerprint density at radius 1 is 0.912 bits per heavy atom. The molecule has 3 rings (SSSR count). The van der Waals surface area contributed by atoms with Gasteiger partial charge in [-0.3, -0.25) is 4.79 Å². The molecule has 0 spiro atoms. The topological polar surface area (TPSA) is 107 Å². The van der Waals surface area contributed by atoms with Gasteiger partial charge >= 0.3 is 5.97 Å². The highest BCUT2D eigenvalue weighted by atomic mass is 16.6. The number of esters is 1. The lowest BCUT2D eigenvalue weighted by atomic mass is 9.95. The average Bonchev–Trinajstić information content (AvgIpc) is 2.87. The van der Waals surface area contributed by atoms with Gasteiger partial charge in [0, 0.05) is 6.04 Å². The summed E-state index contributed by atoms with van der Waals surface area (Å²) < 4.78 is 21.3. The molecule has 8 nitrogen and oxygen atoms in total. The lowest BCUT2D eigenvalue weighted by molar-refractivity contribution is -0.117. The van der Waals surface area contributed by atoms with Crippen molar-refractivity contribution >= 4 is 18.0 Å². The van der Waals surface area contributed by atoms with Crippen LogP contribution in [0.15, 0.2) is 42.0 Å². The molecule has 1 amide bonds. The fourth-order valence-corrected chi connectivity index (χ4v) is 3.81. The first-order valence-corrected chi connectivity index (χ1v) is 11.0. The Kier molecular flexibility index (Phi) is 8.52. The zero-order chi connectivity index (χ0) is 24.5. The molecule has 0 aliphatic heterocycles. The van der Waals surface area contributed by atoms with Crippen molar-refractivity contribution in [3.05, 3.63) is 53.1 Å². The third-order valence-electron chi connectivity index (χ3n) is 5.63. The molecule has 2 aromatic rings. The van der Waals surface area contributed by atoms with Gasteiger partial charge < -0.3 is 24.3 Å². The molecular weight excluding hydrogens is 436 g/mol. The highest BCUT2D eigenvalue weighted by Crippen LogP contribution is 2.32. The van der Waals surface area contributed by atoms with Gasteiger partial charge in [0.15, 0.2) is 23.0 Å². The number of hydrogen-bond donors (Lipinski definition) is 1.